The van der Waals surface area contributed by atoms with Crippen LogP contribution in [-0.2, 0) is 25.6 Å². The minimum atomic E-state index is -1.70. The molecule has 0 unspecified atom stereocenters. The van der Waals surface area contributed by atoms with Gasteiger partial charge in [-0.1, -0.05) is 77.5 Å². The third kappa shape index (κ3) is 9.92. The van der Waals surface area contributed by atoms with Gasteiger partial charge in [0.2, 0.25) is 5.90 Å². The van der Waals surface area contributed by atoms with E-state index in [1.165, 1.54) is 0 Å². The second-order valence-electron chi connectivity index (χ2n) is 13.0. The minimum Gasteiger partial charge on any atom is -0.494 e. The zero-order chi connectivity index (χ0) is 37.0. The van der Waals surface area contributed by atoms with E-state index in [0.29, 0.717) is 36.4 Å². The topological polar surface area (TPSA) is 167 Å². The smallest absolute Gasteiger partial charge is 0.306 e. The lowest BCUT2D eigenvalue weighted by atomic mass is 9.83. The maximum atomic E-state index is 14.6. The number of rotatable bonds is 16. The molecule has 13 heteroatoms. The number of hydrazine groups is 1. The minimum absolute atomic E-state index is 0.0168. The molecular formula is C39H42N6O6S. The van der Waals surface area contributed by atoms with Gasteiger partial charge in [0.1, 0.15) is 11.4 Å². The Balaban J connectivity index is 1.49. The average molecular weight is 723 g/mol. The second kappa shape index (κ2) is 17.7. The summed E-state index contributed by atoms with van der Waals surface area (Å²) in [5, 5.41) is 13.0. The van der Waals surface area contributed by atoms with Crippen molar-refractivity contribution in [2.24, 2.45) is 10.1 Å². The molecular weight excluding hydrogens is 681 g/mol. The van der Waals surface area contributed by atoms with Crippen LogP contribution < -0.4 is 15.6 Å². The van der Waals surface area contributed by atoms with Crippen LogP contribution in [0.5, 0.6) is 5.75 Å². The van der Waals surface area contributed by atoms with Crippen molar-refractivity contribution in [3.63, 3.8) is 0 Å². The number of ether oxygens (including phenoxy) is 3. The summed E-state index contributed by atoms with van der Waals surface area (Å²) in [4.78, 5) is 37.8. The van der Waals surface area contributed by atoms with E-state index in [2.05, 4.69) is 20.9 Å². The number of azide groups is 1. The van der Waals surface area contributed by atoms with Gasteiger partial charge in [-0.25, -0.2) is 10.4 Å². The zero-order valence-electron chi connectivity index (χ0n) is 29.3. The molecule has 0 aliphatic carbocycles. The van der Waals surface area contributed by atoms with Gasteiger partial charge in [-0.2, -0.15) is 0 Å². The Morgan fingerprint density at radius 2 is 1.71 bits per heavy atom. The molecule has 0 radical (unpaired) electrons. The maximum absolute atomic E-state index is 14.6. The summed E-state index contributed by atoms with van der Waals surface area (Å²) >= 11 is 1.62. The molecule has 0 bridgehead atoms. The molecule has 270 valence electrons. The van der Waals surface area contributed by atoms with Crippen LogP contribution in [0.4, 0.5) is 5.69 Å². The molecule has 4 aromatic carbocycles. The van der Waals surface area contributed by atoms with Crippen molar-refractivity contribution in [2.75, 3.05) is 13.2 Å². The molecule has 1 aliphatic heterocycles. The normalized spacial score (nSPS) is 16.6. The second-order valence-corrected chi connectivity index (χ2v) is 14.1. The number of hydrogen-bond donors (Lipinski definition) is 3. The fourth-order valence-electron chi connectivity index (χ4n) is 5.57. The predicted octanol–water partition coefficient (Wildman–Crippen LogP) is 7.74. The lowest BCUT2D eigenvalue weighted by Gasteiger charge is -2.31. The molecule has 1 aliphatic rings. The number of carbonyl (C=O) groups is 2. The van der Waals surface area contributed by atoms with Crippen molar-refractivity contribution in [1.29, 1.82) is 0 Å². The molecule has 3 N–H and O–H groups in total. The number of esters is 1. The van der Waals surface area contributed by atoms with Crippen molar-refractivity contribution in [3.05, 3.63) is 130 Å². The van der Waals surface area contributed by atoms with Gasteiger partial charge in [0.25, 0.3) is 5.91 Å². The van der Waals surface area contributed by atoms with Crippen molar-refractivity contribution >= 4 is 35.2 Å². The Hall–Kier alpha value is -5.33. The number of hydrogen-bond acceptors (Lipinski definition) is 10. The molecule has 0 spiro atoms. The molecule has 2 atom stereocenters. The number of aliphatic hydroxyl groups is 1. The Labute approximate surface area is 307 Å². The van der Waals surface area contributed by atoms with Gasteiger partial charge in [0.05, 0.1) is 6.61 Å². The van der Waals surface area contributed by atoms with Crippen molar-refractivity contribution in [3.8, 4) is 5.75 Å². The Morgan fingerprint density at radius 1 is 1.00 bits per heavy atom. The van der Waals surface area contributed by atoms with Gasteiger partial charge in [-0.3, -0.25) is 15.0 Å². The van der Waals surface area contributed by atoms with Gasteiger partial charge in [-0.15, -0.1) is 0 Å². The first-order valence-electron chi connectivity index (χ1n) is 16.9. The molecule has 52 heavy (non-hydrogen) atoms. The summed E-state index contributed by atoms with van der Waals surface area (Å²) in [5.41, 5.74) is 15.1. The van der Waals surface area contributed by atoms with E-state index in [0.717, 1.165) is 15.4 Å². The highest BCUT2D eigenvalue weighted by Gasteiger charge is 2.54. The van der Waals surface area contributed by atoms with Gasteiger partial charge < -0.3 is 19.3 Å². The van der Waals surface area contributed by atoms with E-state index < -0.39 is 29.1 Å². The van der Waals surface area contributed by atoms with Gasteiger partial charge in [-0.05, 0) is 80.8 Å². The molecule has 5 rings (SSSR count). The van der Waals surface area contributed by atoms with Gasteiger partial charge >= 0.3 is 5.97 Å². The van der Waals surface area contributed by atoms with Crippen LogP contribution in [0.15, 0.2) is 123 Å². The summed E-state index contributed by atoms with van der Waals surface area (Å²) in [6, 6.07) is 31.7. The molecule has 1 amide bonds. The first-order valence-corrected chi connectivity index (χ1v) is 17.7. The largest absolute Gasteiger partial charge is 0.494 e. The van der Waals surface area contributed by atoms with Crippen molar-refractivity contribution < 1.29 is 28.9 Å². The molecule has 0 saturated carbocycles. The average Bonchev–Trinajstić information content (AvgIpc) is 3.53. The Kier molecular flexibility index (Phi) is 12.9. The van der Waals surface area contributed by atoms with Gasteiger partial charge in [0.15, 0.2) is 11.6 Å². The molecule has 0 fully saturated rings. The summed E-state index contributed by atoms with van der Waals surface area (Å²) in [6.07, 6.45) is -0.837. The third-order valence-electron chi connectivity index (χ3n) is 7.96. The molecule has 0 saturated heterocycles. The number of aliphatic imine (C=N–C) groups is 1. The van der Waals surface area contributed by atoms with E-state index >= 15 is 0 Å². The fourth-order valence-corrected chi connectivity index (χ4v) is 6.54. The summed E-state index contributed by atoms with van der Waals surface area (Å²) < 4.78 is 17.8. The lowest BCUT2D eigenvalue weighted by Crippen LogP contribution is -2.52. The summed E-state index contributed by atoms with van der Waals surface area (Å²) in [7, 11) is 0. The zero-order valence-corrected chi connectivity index (χ0v) is 30.1. The number of amides is 1. The Bertz CT molecular complexity index is 1910. The highest BCUT2D eigenvalue weighted by atomic mass is 32.2. The van der Waals surface area contributed by atoms with E-state index in [-0.39, 0.29) is 31.0 Å². The van der Waals surface area contributed by atoms with Crippen molar-refractivity contribution in [1.82, 2.24) is 10.9 Å². The maximum Gasteiger partial charge on any atom is 0.306 e. The molecule has 12 nitrogen and oxygen atoms in total. The first kappa shape index (κ1) is 37.9. The lowest BCUT2D eigenvalue weighted by molar-refractivity contribution is -0.155. The highest BCUT2D eigenvalue weighted by Crippen LogP contribution is 2.46. The third-order valence-corrected chi connectivity index (χ3v) is 9.08. The summed E-state index contributed by atoms with van der Waals surface area (Å²) in [5.74, 6) is -0.310. The van der Waals surface area contributed by atoms with Crippen LogP contribution in [0.1, 0.15) is 62.8 Å². The van der Waals surface area contributed by atoms with Crippen LogP contribution in [0.3, 0.4) is 0 Å². The fraction of sp³-hybridized carbons (Fsp3) is 0.308. The standard InChI is InChI=1S/C39H42N6O6S/c1-38(2,3)51-34(47)22-23-39(37(48)44-41-26-28-12-7-10-17-33(28)52-30-13-5-4-6-14-30)35(31-15-8-9-16-32(31)43-45-40)50-36(42-39)27-18-20-29(21-19-27)49-25-11-24-46/h4-10,12-21,35,41,46H,11,22-26H2,1-3H3,(H,44,48)/t35-,39-/m0/s1. The number of carbonyl (C=O) groups excluding carboxylic acids is 2. The quantitative estimate of drug-likeness (QED) is 0.0264. The highest BCUT2D eigenvalue weighted by molar-refractivity contribution is 7.99. The molecule has 4 aromatic rings. The molecule has 1 heterocycles. The number of aliphatic hydroxyl groups excluding tert-OH is 1. The van der Waals surface area contributed by atoms with E-state index in [4.69, 9.17) is 24.3 Å². The van der Waals surface area contributed by atoms with Crippen LogP contribution in [0, 0.1) is 0 Å². The molecule has 0 aromatic heterocycles. The first-order chi connectivity index (χ1) is 25.1. The van der Waals surface area contributed by atoms with E-state index in [9.17, 15) is 15.1 Å². The summed E-state index contributed by atoms with van der Waals surface area (Å²) in [6.45, 7) is 5.98. The monoisotopic (exact) mass is 722 g/mol. The van der Waals surface area contributed by atoms with Crippen LogP contribution in [0.2, 0.25) is 0 Å². The van der Waals surface area contributed by atoms with E-state index in [1.54, 1.807) is 81.1 Å². The van der Waals surface area contributed by atoms with Crippen LogP contribution >= 0.6 is 11.8 Å². The Morgan fingerprint density at radius 3 is 2.44 bits per heavy atom. The number of nitrogens with one attached hydrogen (secondary N) is 2. The predicted molar refractivity (Wildman–Crippen MR) is 199 cm³/mol. The van der Waals surface area contributed by atoms with Crippen LogP contribution in [-0.4, -0.2) is 47.2 Å². The number of benzene rings is 4. The SMILES string of the molecule is CC(C)(C)OC(=O)CC[C@]1(C(=O)NNCc2ccccc2Sc2ccccc2)N=C(c2ccc(OCCCO)cc2)O[C@H]1c1ccccc1N=[N+]=[N-]. The van der Waals surface area contributed by atoms with Gasteiger partial charge in [0, 0.05) is 57.5 Å². The number of nitrogens with zero attached hydrogens (tertiary/aromatic N) is 4. The van der Waals surface area contributed by atoms with Crippen molar-refractivity contribution in [2.45, 2.75) is 73.6 Å². The van der Waals surface area contributed by atoms with E-state index in [1.807, 2.05) is 54.6 Å². The van der Waals surface area contributed by atoms with Crippen LogP contribution in [0.25, 0.3) is 10.4 Å².